The van der Waals surface area contributed by atoms with Gasteiger partial charge in [-0.3, -0.25) is 4.90 Å². The summed E-state index contributed by atoms with van der Waals surface area (Å²) in [5, 5.41) is 0. The summed E-state index contributed by atoms with van der Waals surface area (Å²) in [5.74, 6) is 0. The van der Waals surface area contributed by atoms with E-state index >= 15 is 0 Å². The van der Waals surface area contributed by atoms with E-state index in [4.69, 9.17) is 9.31 Å². The Morgan fingerprint density at radius 1 is 0.623 bits per heavy atom. The molecule has 0 atom stereocenters. The molecule has 1 saturated carbocycles. The van der Waals surface area contributed by atoms with Crippen LogP contribution >= 0.6 is 0 Å². The third-order valence-electron chi connectivity index (χ3n) is 14.5. The maximum absolute atomic E-state index is 6.34. The van der Waals surface area contributed by atoms with Crippen molar-refractivity contribution < 1.29 is 37.9 Å². The fourth-order valence-electron chi connectivity index (χ4n) is 10.4. The lowest BCUT2D eigenvalue weighted by Gasteiger charge is -2.32. The smallest absolute Gasteiger partial charge is 0.494 e. The number of halogens is 1. The van der Waals surface area contributed by atoms with Gasteiger partial charge in [-0.2, -0.15) is 0 Å². The third kappa shape index (κ3) is 8.65. The molecule has 3 aromatic carbocycles. The second kappa shape index (κ2) is 18.0. The van der Waals surface area contributed by atoms with Crippen LogP contribution in [0.25, 0.3) is 0 Å². The molecule has 3 aromatic rings. The lowest BCUT2D eigenvalue weighted by atomic mass is 9.79. The van der Waals surface area contributed by atoms with Gasteiger partial charge in [-0.05, 0) is 106 Å². The molecule has 61 heavy (non-hydrogen) atoms. The summed E-state index contributed by atoms with van der Waals surface area (Å²) in [4.78, 5) is 7.79. The highest BCUT2D eigenvalue weighted by Crippen LogP contribution is 2.49. The molecule has 5 aliphatic rings. The van der Waals surface area contributed by atoms with Crippen LogP contribution in [-0.2, 0) is 26.7 Å². The average Bonchev–Trinajstić information content (AvgIpc) is 3.68. The largest absolute Gasteiger partial charge is 1.00 e. The van der Waals surface area contributed by atoms with Gasteiger partial charge in [0, 0.05) is 64.4 Å². The molecule has 0 unspecified atom stereocenters. The van der Waals surface area contributed by atoms with Gasteiger partial charge in [-0.15, -0.1) is 0 Å². The van der Waals surface area contributed by atoms with Crippen molar-refractivity contribution in [1.29, 1.82) is 0 Å². The molecule has 4 aliphatic heterocycles. The van der Waals surface area contributed by atoms with Crippen molar-refractivity contribution >= 4 is 29.7 Å². The Labute approximate surface area is 385 Å². The summed E-state index contributed by atoms with van der Waals surface area (Å²) in [7, 11) is -0.328. The summed E-state index contributed by atoms with van der Waals surface area (Å²) >= 11 is 0. The van der Waals surface area contributed by atoms with E-state index in [9.17, 15) is 0 Å². The molecular formula is C53H70BIN4O2. The standard InChI is InChI=1S/C53H70BN4O2.HI/c1-11-32-57-45-22-15-13-20-43(45)50(3,4)47(57)30-26-40-18-17-19-41(27-31-48-51(5,6)44-21-14-16-23-46(44)58(48)33-12-2)49(40)56-36-34-55(35-37-56)38-39-24-28-42(29-25-39)54-59-52(7,8)53(9,10)60-54;/h13-16,20-31H,11-12,17-19,32-38H2,1-10H3;1H/q+1;/p-1. The van der Waals surface area contributed by atoms with Gasteiger partial charge in [0.1, 0.15) is 0 Å². The lowest BCUT2D eigenvalue weighted by Crippen LogP contribution is -3.00. The summed E-state index contributed by atoms with van der Waals surface area (Å²) in [6.07, 6.45) is 15.6. The first-order valence-corrected chi connectivity index (χ1v) is 23.0. The molecule has 324 valence electrons. The van der Waals surface area contributed by atoms with Crippen molar-refractivity contribution in [1.82, 2.24) is 4.90 Å². The number of rotatable bonds is 9. The van der Waals surface area contributed by atoms with Crippen LogP contribution in [0, 0.1) is 0 Å². The molecule has 0 radical (unpaired) electrons. The quantitative estimate of drug-likeness (QED) is 0.126. The van der Waals surface area contributed by atoms with Gasteiger partial charge in [0.2, 0.25) is 5.71 Å². The molecule has 2 saturated heterocycles. The summed E-state index contributed by atoms with van der Waals surface area (Å²) in [5.41, 5.74) is 14.5. The van der Waals surface area contributed by atoms with Crippen LogP contribution in [0.2, 0.25) is 0 Å². The topological polar surface area (TPSA) is 31.2 Å². The SMILES string of the molecule is CCCN1C(=CC=C2CCC/C(=C\C=C3N(CCC)c4ccccc4C3(C)C)C2=[N+]2CCN(Cc3ccc(B4OC(C)(C)C(C)(C)O4)cc3)CC2)C(C)(C)c2ccccc21.[I-]. The molecular weight excluding hydrogens is 862 g/mol. The summed E-state index contributed by atoms with van der Waals surface area (Å²) < 4.78 is 15.4. The number of anilines is 2. The second-order valence-corrected chi connectivity index (χ2v) is 19.9. The molecule has 6 nitrogen and oxygen atoms in total. The van der Waals surface area contributed by atoms with Gasteiger partial charge in [0.05, 0.1) is 24.3 Å². The maximum atomic E-state index is 6.34. The Bertz CT molecular complexity index is 2120. The predicted octanol–water partition coefficient (Wildman–Crippen LogP) is 7.48. The monoisotopic (exact) mass is 932 g/mol. The average molecular weight is 933 g/mol. The van der Waals surface area contributed by atoms with Crippen molar-refractivity contribution in [3.05, 3.63) is 136 Å². The van der Waals surface area contributed by atoms with Crippen LogP contribution in [0.5, 0.6) is 0 Å². The molecule has 8 rings (SSSR count). The number of nitrogens with zero attached hydrogens (tertiary/aromatic N) is 4. The van der Waals surface area contributed by atoms with Crippen molar-refractivity contribution in [3.8, 4) is 0 Å². The van der Waals surface area contributed by atoms with Crippen LogP contribution in [0.4, 0.5) is 11.4 Å². The molecule has 8 heteroatoms. The normalized spacial score (nSPS) is 24.3. The Morgan fingerprint density at radius 2 is 1.08 bits per heavy atom. The number of benzene rings is 3. The van der Waals surface area contributed by atoms with Crippen LogP contribution in [-0.4, -0.2) is 72.8 Å². The van der Waals surface area contributed by atoms with Crippen molar-refractivity contribution in [3.63, 3.8) is 0 Å². The highest BCUT2D eigenvalue weighted by Gasteiger charge is 2.51. The Morgan fingerprint density at radius 3 is 1.54 bits per heavy atom. The van der Waals surface area contributed by atoms with E-state index in [1.165, 1.54) is 62.7 Å². The molecule has 4 heterocycles. The Kier molecular flexibility index (Phi) is 13.4. The zero-order chi connectivity index (χ0) is 42.5. The van der Waals surface area contributed by atoms with Gasteiger partial charge >= 0.3 is 7.12 Å². The number of fused-ring (bicyclic) bond motifs is 2. The van der Waals surface area contributed by atoms with E-state index in [-0.39, 0.29) is 53.1 Å². The predicted molar refractivity (Wildman–Crippen MR) is 253 cm³/mol. The van der Waals surface area contributed by atoms with E-state index in [1.54, 1.807) is 0 Å². The van der Waals surface area contributed by atoms with Crippen LogP contribution in [0.15, 0.2) is 120 Å². The summed E-state index contributed by atoms with van der Waals surface area (Å²) in [6.45, 7) is 29.8. The third-order valence-corrected chi connectivity index (χ3v) is 14.5. The first-order valence-electron chi connectivity index (χ1n) is 23.0. The minimum atomic E-state index is -0.340. The van der Waals surface area contributed by atoms with Gasteiger partial charge in [-0.1, -0.05) is 114 Å². The van der Waals surface area contributed by atoms with Gasteiger partial charge in [-0.25, -0.2) is 4.58 Å². The van der Waals surface area contributed by atoms with Crippen LogP contribution in [0.1, 0.15) is 118 Å². The summed E-state index contributed by atoms with van der Waals surface area (Å²) in [6, 6.07) is 27.0. The number of para-hydroxylation sites is 2. The first kappa shape index (κ1) is 45.6. The zero-order valence-corrected chi connectivity index (χ0v) is 40.9. The van der Waals surface area contributed by atoms with E-state index in [0.29, 0.717) is 0 Å². The Hall–Kier alpha value is -3.44. The van der Waals surface area contributed by atoms with Crippen molar-refractivity contribution in [2.75, 3.05) is 49.1 Å². The van der Waals surface area contributed by atoms with Crippen molar-refractivity contribution in [2.45, 2.75) is 130 Å². The zero-order valence-electron chi connectivity index (χ0n) is 38.8. The van der Waals surface area contributed by atoms with E-state index in [1.807, 2.05) is 0 Å². The lowest BCUT2D eigenvalue weighted by molar-refractivity contribution is -0.539. The van der Waals surface area contributed by atoms with Crippen LogP contribution in [0.3, 0.4) is 0 Å². The van der Waals surface area contributed by atoms with E-state index in [2.05, 4.69) is 186 Å². The number of hydrogen-bond donors (Lipinski definition) is 0. The molecule has 1 aliphatic carbocycles. The molecule has 0 aromatic heterocycles. The first-order chi connectivity index (χ1) is 28.7. The fourth-order valence-corrected chi connectivity index (χ4v) is 10.4. The second-order valence-electron chi connectivity index (χ2n) is 19.9. The highest BCUT2D eigenvalue weighted by atomic mass is 127. The van der Waals surface area contributed by atoms with E-state index < -0.39 is 0 Å². The molecule has 0 bridgehead atoms. The van der Waals surface area contributed by atoms with Gasteiger partial charge in [0.25, 0.3) is 0 Å². The minimum absolute atomic E-state index is 0. The molecule has 0 N–H and O–H groups in total. The van der Waals surface area contributed by atoms with Crippen molar-refractivity contribution in [2.24, 2.45) is 0 Å². The number of allylic oxidation sites excluding steroid dienone is 8. The molecule has 0 amide bonds. The van der Waals surface area contributed by atoms with Gasteiger partial charge < -0.3 is 43.1 Å². The number of piperazine rings is 1. The van der Waals surface area contributed by atoms with Gasteiger partial charge in [0.15, 0.2) is 13.1 Å². The Balaban J connectivity index is 0.00000561. The molecule has 3 fully saturated rings. The highest BCUT2D eigenvalue weighted by molar-refractivity contribution is 6.62. The fraction of sp³-hybridized carbons (Fsp3) is 0.491. The van der Waals surface area contributed by atoms with Crippen LogP contribution < -0.4 is 39.2 Å². The molecule has 0 spiro atoms. The maximum Gasteiger partial charge on any atom is 0.494 e. The minimum Gasteiger partial charge on any atom is -1.00 e. The van der Waals surface area contributed by atoms with E-state index in [0.717, 1.165) is 77.0 Å². The number of hydrogen-bond acceptors (Lipinski definition) is 5.